The van der Waals surface area contributed by atoms with Gasteiger partial charge < -0.3 is 14.6 Å². The van der Waals surface area contributed by atoms with Gasteiger partial charge >= 0.3 is 6.03 Å². The molecular formula is C15H22N6O2. The molecule has 23 heavy (non-hydrogen) atoms. The zero-order valence-corrected chi connectivity index (χ0v) is 13.7. The molecule has 3 rings (SSSR count). The number of anilines is 1. The van der Waals surface area contributed by atoms with Crippen LogP contribution in [0.2, 0.25) is 0 Å². The van der Waals surface area contributed by atoms with Crippen molar-refractivity contribution in [3.8, 4) is 0 Å². The maximum Gasteiger partial charge on any atom is 0.322 e. The van der Waals surface area contributed by atoms with Crippen LogP contribution >= 0.6 is 0 Å². The summed E-state index contributed by atoms with van der Waals surface area (Å²) in [7, 11) is 1.82. The van der Waals surface area contributed by atoms with Crippen LogP contribution in [0.25, 0.3) is 0 Å². The summed E-state index contributed by atoms with van der Waals surface area (Å²) in [6.07, 6.45) is 3.42. The third kappa shape index (κ3) is 3.70. The minimum Gasteiger partial charge on any atom is -0.444 e. The Hall–Kier alpha value is -2.35. The van der Waals surface area contributed by atoms with E-state index < -0.39 is 0 Å². The molecule has 8 heteroatoms. The molecule has 1 fully saturated rings. The summed E-state index contributed by atoms with van der Waals surface area (Å²) in [4.78, 5) is 20.7. The zero-order chi connectivity index (χ0) is 16.4. The van der Waals surface area contributed by atoms with Crippen LogP contribution in [-0.4, -0.2) is 56.8 Å². The Morgan fingerprint density at radius 1 is 1.30 bits per heavy atom. The average molecular weight is 318 g/mol. The molecule has 0 atom stereocenters. The van der Waals surface area contributed by atoms with Crippen LogP contribution in [0.5, 0.6) is 0 Å². The predicted molar refractivity (Wildman–Crippen MR) is 85.1 cm³/mol. The summed E-state index contributed by atoms with van der Waals surface area (Å²) in [5.74, 6) is 1.61. The largest absolute Gasteiger partial charge is 0.444 e. The summed E-state index contributed by atoms with van der Waals surface area (Å²) < 4.78 is 7.28. The standard InChI is InChI=1S/C15H22N6O2/c1-11-12(2)23-14(17-11)10-20-4-6-21(7-5-20)15(22)18-13-8-16-19(3)9-13/h8-9H,4-7,10H2,1-3H3,(H,18,22). The van der Waals surface area contributed by atoms with Crippen molar-refractivity contribution < 1.29 is 9.21 Å². The van der Waals surface area contributed by atoms with Gasteiger partial charge in [-0.15, -0.1) is 0 Å². The van der Waals surface area contributed by atoms with E-state index in [9.17, 15) is 4.79 Å². The highest BCUT2D eigenvalue weighted by atomic mass is 16.4. The van der Waals surface area contributed by atoms with Crippen molar-refractivity contribution in [2.75, 3.05) is 31.5 Å². The molecule has 0 aliphatic carbocycles. The van der Waals surface area contributed by atoms with E-state index in [1.54, 1.807) is 17.1 Å². The SMILES string of the molecule is Cc1nc(CN2CCN(C(=O)Nc3cnn(C)c3)CC2)oc1C. The van der Waals surface area contributed by atoms with Gasteiger partial charge in [-0.3, -0.25) is 9.58 Å². The van der Waals surface area contributed by atoms with Gasteiger partial charge in [0.05, 0.1) is 24.1 Å². The zero-order valence-electron chi connectivity index (χ0n) is 13.7. The van der Waals surface area contributed by atoms with E-state index in [-0.39, 0.29) is 6.03 Å². The number of oxazole rings is 1. The maximum atomic E-state index is 12.2. The predicted octanol–water partition coefficient (Wildman–Crippen LogP) is 1.37. The lowest BCUT2D eigenvalue weighted by Gasteiger charge is -2.33. The summed E-state index contributed by atoms with van der Waals surface area (Å²) in [5.41, 5.74) is 1.65. The van der Waals surface area contributed by atoms with Gasteiger partial charge in [0.2, 0.25) is 5.89 Å². The molecule has 0 bridgehead atoms. The van der Waals surface area contributed by atoms with E-state index in [2.05, 4.69) is 20.3 Å². The molecule has 2 aromatic rings. The molecule has 1 N–H and O–H groups in total. The average Bonchev–Trinajstić information content (AvgIpc) is 3.05. The van der Waals surface area contributed by atoms with E-state index in [1.807, 2.05) is 25.8 Å². The quantitative estimate of drug-likeness (QED) is 0.925. The number of nitrogens with zero attached hydrogens (tertiary/aromatic N) is 5. The minimum absolute atomic E-state index is 0.0829. The summed E-state index contributed by atoms with van der Waals surface area (Å²) in [6.45, 7) is 7.54. The lowest BCUT2D eigenvalue weighted by molar-refractivity contribution is 0.135. The smallest absolute Gasteiger partial charge is 0.322 e. The number of aromatic nitrogens is 3. The second-order valence-corrected chi connectivity index (χ2v) is 5.85. The molecule has 124 valence electrons. The molecule has 1 saturated heterocycles. The molecule has 0 spiro atoms. The van der Waals surface area contributed by atoms with Gasteiger partial charge in [0.25, 0.3) is 0 Å². The third-order valence-electron chi connectivity index (χ3n) is 4.05. The van der Waals surface area contributed by atoms with Crippen LogP contribution in [0.3, 0.4) is 0 Å². The van der Waals surface area contributed by atoms with Crippen LogP contribution in [-0.2, 0) is 13.6 Å². The van der Waals surface area contributed by atoms with Gasteiger partial charge in [-0.25, -0.2) is 9.78 Å². The van der Waals surface area contributed by atoms with E-state index in [4.69, 9.17) is 4.42 Å². The molecule has 3 heterocycles. The van der Waals surface area contributed by atoms with Gasteiger partial charge in [0.15, 0.2) is 0 Å². The second kappa shape index (κ2) is 6.41. The normalized spacial score (nSPS) is 15.9. The Bertz CT molecular complexity index is 664. The highest BCUT2D eigenvalue weighted by Gasteiger charge is 2.22. The van der Waals surface area contributed by atoms with Crippen LogP contribution in [0, 0.1) is 13.8 Å². The Morgan fingerprint density at radius 3 is 2.61 bits per heavy atom. The first-order valence-electron chi connectivity index (χ1n) is 7.71. The summed E-state index contributed by atoms with van der Waals surface area (Å²) in [6, 6.07) is -0.0829. The number of carbonyl (C=O) groups excluding carboxylic acids is 1. The van der Waals surface area contributed by atoms with Gasteiger partial charge in [-0.2, -0.15) is 5.10 Å². The number of carbonyl (C=O) groups is 1. The van der Waals surface area contributed by atoms with Crippen LogP contribution in [0.1, 0.15) is 17.3 Å². The Balaban J connectivity index is 1.48. The Morgan fingerprint density at radius 2 is 2.04 bits per heavy atom. The highest BCUT2D eigenvalue weighted by molar-refractivity contribution is 5.89. The van der Waals surface area contributed by atoms with Gasteiger partial charge in [0.1, 0.15) is 5.76 Å². The van der Waals surface area contributed by atoms with Crippen molar-refractivity contribution >= 4 is 11.7 Å². The minimum atomic E-state index is -0.0829. The second-order valence-electron chi connectivity index (χ2n) is 5.85. The van der Waals surface area contributed by atoms with Crippen LogP contribution < -0.4 is 5.32 Å². The van der Waals surface area contributed by atoms with Crippen molar-refractivity contribution in [2.45, 2.75) is 20.4 Å². The number of urea groups is 1. The first-order chi connectivity index (χ1) is 11.0. The van der Waals surface area contributed by atoms with E-state index in [1.165, 1.54) is 0 Å². The first-order valence-corrected chi connectivity index (χ1v) is 7.71. The number of piperazine rings is 1. The molecule has 8 nitrogen and oxygen atoms in total. The molecular weight excluding hydrogens is 296 g/mol. The molecule has 2 amide bonds. The lowest BCUT2D eigenvalue weighted by Crippen LogP contribution is -2.49. The van der Waals surface area contributed by atoms with Gasteiger partial charge in [-0.05, 0) is 13.8 Å². The molecule has 2 aromatic heterocycles. The van der Waals surface area contributed by atoms with Gasteiger partial charge in [0, 0.05) is 39.4 Å². The molecule has 0 radical (unpaired) electrons. The number of nitrogens with one attached hydrogen (secondary N) is 1. The molecule has 1 aliphatic rings. The number of hydrogen-bond donors (Lipinski definition) is 1. The molecule has 0 saturated carbocycles. The lowest BCUT2D eigenvalue weighted by atomic mass is 10.3. The van der Waals surface area contributed by atoms with Crippen molar-refractivity contribution in [3.05, 3.63) is 29.7 Å². The van der Waals surface area contributed by atoms with E-state index in [0.717, 1.165) is 30.4 Å². The van der Waals surface area contributed by atoms with Crippen molar-refractivity contribution in [2.24, 2.45) is 7.05 Å². The van der Waals surface area contributed by atoms with E-state index >= 15 is 0 Å². The number of amides is 2. The van der Waals surface area contributed by atoms with Crippen LogP contribution in [0.4, 0.5) is 10.5 Å². The summed E-state index contributed by atoms with van der Waals surface area (Å²) in [5, 5.41) is 6.90. The van der Waals surface area contributed by atoms with Crippen LogP contribution in [0.15, 0.2) is 16.8 Å². The fourth-order valence-electron chi connectivity index (χ4n) is 2.60. The fourth-order valence-corrected chi connectivity index (χ4v) is 2.60. The molecule has 0 unspecified atom stereocenters. The van der Waals surface area contributed by atoms with Crippen molar-refractivity contribution in [3.63, 3.8) is 0 Å². The highest BCUT2D eigenvalue weighted by Crippen LogP contribution is 2.13. The topological polar surface area (TPSA) is 79.4 Å². The Labute approximate surface area is 135 Å². The van der Waals surface area contributed by atoms with Gasteiger partial charge in [-0.1, -0.05) is 0 Å². The summed E-state index contributed by atoms with van der Waals surface area (Å²) >= 11 is 0. The fraction of sp³-hybridized carbons (Fsp3) is 0.533. The van der Waals surface area contributed by atoms with Crippen molar-refractivity contribution in [1.29, 1.82) is 0 Å². The first kappa shape index (κ1) is 15.5. The Kier molecular flexibility index (Phi) is 4.33. The van der Waals surface area contributed by atoms with E-state index in [0.29, 0.717) is 25.3 Å². The maximum absolute atomic E-state index is 12.2. The molecule has 1 aliphatic heterocycles. The number of rotatable bonds is 3. The number of aryl methyl sites for hydroxylation is 3. The number of hydrogen-bond acceptors (Lipinski definition) is 5. The molecule has 0 aromatic carbocycles. The van der Waals surface area contributed by atoms with Crippen molar-refractivity contribution in [1.82, 2.24) is 24.6 Å². The monoisotopic (exact) mass is 318 g/mol. The third-order valence-corrected chi connectivity index (χ3v) is 4.05.